The zero-order chi connectivity index (χ0) is 23.5. The van der Waals surface area contributed by atoms with Gasteiger partial charge in [-0.3, -0.25) is 4.98 Å². The standard InChI is InChI=1S/C25H28N6O2S/c1-15-9-17(24(33-2)28-11-15)20-13-26-14-23(29-20)27-12-16-7-8-19-22(10-16)34-25(31-19)30-18-5-3-4-6-21(18)32/h7-11,13-14,18,21,32H,3-6,12H2,1-2H3,(H,27,29)(H,30,31)/t18?,21-/m1/s1. The number of hydrogen-bond acceptors (Lipinski definition) is 9. The molecular weight excluding hydrogens is 448 g/mol. The van der Waals surface area contributed by atoms with Crippen LogP contribution in [0.3, 0.4) is 0 Å². The van der Waals surface area contributed by atoms with Gasteiger partial charge in [-0.05, 0) is 49.1 Å². The molecule has 4 aromatic rings. The van der Waals surface area contributed by atoms with Crippen LogP contribution in [0.1, 0.15) is 36.8 Å². The monoisotopic (exact) mass is 476 g/mol. The Balaban J connectivity index is 1.29. The van der Waals surface area contributed by atoms with E-state index in [-0.39, 0.29) is 12.1 Å². The van der Waals surface area contributed by atoms with Crippen LogP contribution in [0, 0.1) is 6.92 Å². The number of anilines is 2. The van der Waals surface area contributed by atoms with Gasteiger partial charge >= 0.3 is 0 Å². The summed E-state index contributed by atoms with van der Waals surface area (Å²) in [5, 5.41) is 17.9. The first-order valence-corrected chi connectivity index (χ1v) is 12.3. The number of nitrogens with one attached hydrogen (secondary N) is 2. The number of nitrogens with zero attached hydrogens (tertiary/aromatic N) is 4. The molecular formula is C25H28N6O2S. The minimum Gasteiger partial charge on any atom is -0.481 e. The van der Waals surface area contributed by atoms with E-state index in [0.29, 0.717) is 23.9 Å². The van der Waals surface area contributed by atoms with Gasteiger partial charge in [0.05, 0.1) is 53.1 Å². The number of aromatic nitrogens is 4. The molecule has 9 heteroatoms. The summed E-state index contributed by atoms with van der Waals surface area (Å²) in [4.78, 5) is 18.1. The molecule has 3 heterocycles. The van der Waals surface area contributed by atoms with E-state index in [9.17, 15) is 5.11 Å². The van der Waals surface area contributed by atoms with Gasteiger partial charge in [0, 0.05) is 12.7 Å². The van der Waals surface area contributed by atoms with Crippen molar-refractivity contribution in [1.29, 1.82) is 0 Å². The number of benzene rings is 1. The molecule has 2 atom stereocenters. The zero-order valence-electron chi connectivity index (χ0n) is 19.3. The lowest BCUT2D eigenvalue weighted by Crippen LogP contribution is -2.36. The third kappa shape index (κ3) is 4.95. The topological polar surface area (TPSA) is 105 Å². The van der Waals surface area contributed by atoms with Crippen LogP contribution >= 0.6 is 11.3 Å². The molecule has 5 rings (SSSR count). The summed E-state index contributed by atoms with van der Waals surface area (Å²) in [5.41, 5.74) is 4.63. The molecule has 1 aliphatic carbocycles. The SMILES string of the molecule is COc1ncc(C)cc1-c1cncc(NCc2ccc3nc(NC4CCCC[C@H]4O)sc3c2)n1. The minimum atomic E-state index is -0.298. The maximum absolute atomic E-state index is 10.2. The molecule has 34 heavy (non-hydrogen) atoms. The van der Waals surface area contributed by atoms with Gasteiger partial charge in [-0.2, -0.15) is 0 Å². The molecule has 0 amide bonds. The fourth-order valence-electron chi connectivity index (χ4n) is 4.26. The number of rotatable bonds is 7. The number of hydrogen-bond donors (Lipinski definition) is 3. The van der Waals surface area contributed by atoms with Crippen molar-refractivity contribution >= 4 is 32.5 Å². The number of aliphatic hydroxyl groups is 1. The molecule has 176 valence electrons. The van der Waals surface area contributed by atoms with E-state index in [1.807, 2.05) is 19.1 Å². The number of aryl methyl sites for hydroxylation is 1. The molecule has 0 bridgehead atoms. The van der Waals surface area contributed by atoms with Gasteiger partial charge < -0.3 is 20.5 Å². The fourth-order valence-corrected chi connectivity index (χ4v) is 5.25. The number of thiazole rings is 1. The van der Waals surface area contributed by atoms with E-state index in [2.05, 4.69) is 32.7 Å². The highest BCUT2D eigenvalue weighted by Gasteiger charge is 2.23. The summed E-state index contributed by atoms with van der Waals surface area (Å²) in [6.07, 6.45) is 8.98. The Hall–Kier alpha value is -3.30. The Kier molecular flexibility index (Phi) is 6.55. The lowest BCUT2D eigenvalue weighted by molar-refractivity contribution is 0.116. The molecule has 0 spiro atoms. The Morgan fingerprint density at radius 2 is 2.00 bits per heavy atom. The van der Waals surface area contributed by atoms with Crippen LogP contribution in [0.2, 0.25) is 0 Å². The highest BCUT2D eigenvalue weighted by Crippen LogP contribution is 2.30. The van der Waals surface area contributed by atoms with Gasteiger partial charge in [0.1, 0.15) is 5.82 Å². The molecule has 1 aromatic carbocycles. The summed E-state index contributed by atoms with van der Waals surface area (Å²) in [5.74, 6) is 1.21. The lowest BCUT2D eigenvalue weighted by Gasteiger charge is -2.27. The van der Waals surface area contributed by atoms with E-state index in [1.165, 1.54) is 0 Å². The van der Waals surface area contributed by atoms with Gasteiger partial charge in [-0.15, -0.1) is 0 Å². The second-order valence-corrected chi connectivity index (χ2v) is 9.67. The Labute approximate surface area is 202 Å². The van der Waals surface area contributed by atoms with Gasteiger partial charge in [0.2, 0.25) is 5.88 Å². The summed E-state index contributed by atoms with van der Waals surface area (Å²) < 4.78 is 6.51. The van der Waals surface area contributed by atoms with Crippen molar-refractivity contribution in [3.63, 3.8) is 0 Å². The Bertz CT molecular complexity index is 1290. The predicted octanol–water partition coefficient (Wildman–Crippen LogP) is 4.79. The average Bonchev–Trinajstić information content (AvgIpc) is 3.26. The highest BCUT2D eigenvalue weighted by atomic mass is 32.1. The van der Waals surface area contributed by atoms with Crippen LogP contribution in [0.25, 0.3) is 21.5 Å². The molecule has 1 aliphatic rings. The molecule has 8 nitrogen and oxygen atoms in total. The smallest absolute Gasteiger partial charge is 0.222 e. The molecule has 1 saturated carbocycles. The van der Waals surface area contributed by atoms with E-state index < -0.39 is 0 Å². The quantitative estimate of drug-likeness (QED) is 0.350. The molecule has 0 aliphatic heterocycles. The largest absolute Gasteiger partial charge is 0.481 e. The van der Waals surface area contributed by atoms with E-state index >= 15 is 0 Å². The number of methoxy groups -OCH3 is 1. The van der Waals surface area contributed by atoms with Crippen LogP contribution in [-0.4, -0.2) is 44.3 Å². The van der Waals surface area contributed by atoms with E-state index in [1.54, 1.807) is 37.0 Å². The van der Waals surface area contributed by atoms with Crippen molar-refractivity contribution in [2.24, 2.45) is 0 Å². The second-order valence-electron chi connectivity index (χ2n) is 8.64. The van der Waals surface area contributed by atoms with Crippen molar-refractivity contribution in [1.82, 2.24) is 19.9 Å². The molecule has 1 fully saturated rings. The third-order valence-corrected chi connectivity index (χ3v) is 7.01. The fraction of sp³-hybridized carbons (Fsp3) is 0.360. The first-order valence-electron chi connectivity index (χ1n) is 11.5. The molecule has 0 radical (unpaired) electrons. The average molecular weight is 477 g/mol. The normalized spacial score (nSPS) is 18.1. The molecule has 0 saturated heterocycles. The Morgan fingerprint density at radius 3 is 2.85 bits per heavy atom. The third-order valence-electron chi connectivity index (χ3n) is 6.06. The van der Waals surface area contributed by atoms with E-state index in [0.717, 1.165) is 57.7 Å². The predicted molar refractivity (Wildman–Crippen MR) is 135 cm³/mol. The van der Waals surface area contributed by atoms with Crippen LogP contribution < -0.4 is 15.4 Å². The van der Waals surface area contributed by atoms with Crippen LogP contribution in [0.15, 0.2) is 42.9 Å². The number of ether oxygens (including phenoxy) is 1. The first kappa shape index (κ1) is 22.5. The summed E-state index contributed by atoms with van der Waals surface area (Å²) in [6.45, 7) is 2.60. The number of pyridine rings is 1. The summed E-state index contributed by atoms with van der Waals surface area (Å²) in [7, 11) is 1.60. The zero-order valence-corrected chi connectivity index (χ0v) is 20.1. The van der Waals surface area contributed by atoms with E-state index in [4.69, 9.17) is 14.7 Å². The van der Waals surface area contributed by atoms with Crippen molar-refractivity contribution in [2.75, 3.05) is 17.7 Å². The molecule has 3 aromatic heterocycles. The molecule has 3 N–H and O–H groups in total. The van der Waals surface area contributed by atoms with Crippen molar-refractivity contribution < 1.29 is 9.84 Å². The van der Waals surface area contributed by atoms with Gasteiger partial charge in [-0.1, -0.05) is 30.2 Å². The van der Waals surface area contributed by atoms with Crippen molar-refractivity contribution in [3.8, 4) is 17.1 Å². The maximum atomic E-state index is 10.2. The van der Waals surface area contributed by atoms with Crippen molar-refractivity contribution in [3.05, 3.63) is 54.0 Å². The van der Waals surface area contributed by atoms with Crippen LogP contribution in [0.4, 0.5) is 10.9 Å². The highest BCUT2D eigenvalue weighted by molar-refractivity contribution is 7.22. The first-order chi connectivity index (χ1) is 16.6. The van der Waals surface area contributed by atoms with Gasteiger partial charge in [0.25, 0.3) is 0 Å². The number of aliphatic hydroxyl groups excluding tert-OH is 1. The van der Waals surface area contributed by atoms with Crippen molar-refractivity contribution in [2.45, 2.75) is 51.3 Å². The summed E-state index contributed by atoms with van der Waals surface area (Å²) in [6, 6.07) is 8.33. The summed E-state index contributed by atoms with van der Waals surface area (Å²) >= 11 is 1.62. The Morgan fingerprint density at radius 1 is 1.12 bits per heavy atom. The van der Waals surface area contributed by atoms with Gasteiger partial charge in [0.15, 0.2) is 5.13 Å². The van der Waals surface area contributed by atoms with Gasteiger partial charge in [-0.25, -0.2) is 15.0 Å². The number of fused-ring (bicyclic) bond motifs is 1. The van der Waals surface area contributed by atoms with Crippen LogP contribution in [-0.2, 0) is 6.54 Å². The lowest BCUT2D eigenvalue weighted by atomic mass is 9.93. The maximum Gasteiger partial charge on any atom is 0.222 e. The van der Waals surface area contributed by atoms with Crippen LogP contribution in [0.5, 0.6) is 5.88 Å². The molecule has 1 unspecified atom stereocenters. The minimum absolute atomic E-state index is 0.0866. The second kappa shape index (κ2) is 9.90.